The lowest BCUT2D eigenvalue weighted by atomic mass is 9.93. The molecule has 2 aliphatic heterocycles. The molecule has 1 N–H and O–H groups in total. The number of piperidine rings is 1. The second kappa shape index (κ2) is 8.98. The third-order valence-corrected chi connectivity index (χ3v) is 8.93. The molecule has 2 heterocycles. The Morgan fingerprint density at radius 1 is 1.19 bits per heavy atom. The molecule has 27 heavy (non-hydrogen) atoms. The summed E-state index contributed by atoms with van der Waals surface area (Å²) in [4.78, 5) is 15.6. The van der Waals surface area contributed by atoms with E-state index in [1.165, 1.54) is 42.4 Å². The molecule has 4 rings (SSSR count). The fourth-order valence-corrected chi connectivity index (χ4v) is 7.11. The topological polar surface area (TPSA) is 32.3 Å². The van der Waals surface area contributed by atoms with Crippen LogP contribution in [0.15, 0.2) is 24.3 Å². The van der Waals surface area contributed by atoms with Gasteiger partial charge in [0.15, 0.2) is 0 Å². The molecule has 1 atom stereocenters. The zero-order chi connectivity index (χ0) is 18.7. The predicted octanol–water partition coefficient (Wildman–Crippen LogP) is 4.05. The van der Waals surface area contributed by atoms with E-state index in [0.29, 0.717) is 12.0 Å². The molecule has 0 spiro atoms. The van der Waals surface area contributed by atoms with Crippen molar-refractivity contribution in [3.63, 3.8) is 0 Å². The zero-order valence-corrected chi connectivity index (χ0v) is 18.2. The molecule has 3 nitrogen and oxygen atoms in total. The SMILES string of the molecule is O=C(NC[C@@H]1CCCN(C2CSCCSC2)C1)C1(c2ccc(Cl)cc2)CC1. The zero-order valence-electron chi connectivity index (χ0n) is 15.8. The van der Waals surface area contributed by atoms with Crippen LogP contribution in [-0.4, -0.2) is 59.5 Å². The highest BCUT2D eigenvalue weighted by atomic mass is 35.5. The van der Waals surface area contributed by atoms with Gasteiger partial charge in [0.25, 0.3) is 0 Å². The highest BCUT2D eigenvalue weighted by Crippen LogP contribution is 2.48. The number of halogens is 1. The van der Waals surface area contributed by atoms with Crippen molar-refractivity contribution in [3.8, 4) is 0 Å². The summed E-state index contributed by atoms with van der Waals surface area (Å²) in [7, 11) is 0. The molecule has 148 valence electrons. The number of nitrogens with zero attached hydrogens (tertiary/aromatic N) is 1. The first-order chi connectivity index (χ1) is 13.2. The summed E-state index contributed by atoms with van der Waals surface area (Å²) in [6.07, 6.45) is 4.40. The monoisotopic (exact) mass is 424 g/mol. The maximum atomic E-state index is 12.9. The van der Waals surface area contributed by atoms with Gasteiger partial charge in [-0.3, -0.25) is 9.69 Å². The summed E-state index contributed by atoms with van der Waals surface area (Å²) >= 11 is 10.2. The van der Waals surface area contributed by atoms with Crippen LogP contribution >= 0.6 is 35.1 Å². The van der Waals surface area contributed by atoms with Gasteiger partial charge in [-0.05, 0) is 55.8 Å². The Hall–Kier alpha value is -0.360. The normalized spacial score (nSPS) is 26.3. The lowest BCUT2D eigenvalue weighted by Gasteiger charge is -2.38. The van der Waals surface area contributed by atoms with E-state index in [4.69, 9.17) is 11.6 Å². The van der Waals surface area contributed by atoms with Crippen molar-refractivity contribution >= 4 is 41.0 Å². The second-order valence-corrected chi connectivity index (χ2v) is 10.8. The smallest absolute Gasteiger partial charge is 0.230 e. The maximum absolute atomic E-state index is 12.9. The second-order valence-electron chi connectivity index (χ2n) is 8.11. The predicted molar refractivity (Wildman–Crippen MR) is 118 cm³/mol. The molecule has 0 aromatic heterocycles. The molecule has 3 fully saturated rings. The number of rotatable bonds is 5. The molecule has 1 amide bonds. The molecule has 1 aromatic carbocycles. The average molecular weight is 425 g/mol. The first-order valence-electron chi connectivity index (χ1n) is 10.1. The molecule has 1 saturated carbocycles. The summed E-state index contributed by atoms with van der Waals surface area (Å²) in [6.45, 7) is 3.18. The third kappa shape index (κ3) is 4.80. The molecule has 0 bridgehead atoms. The first kappa shape index (κ1) is 19.9. The van der Waals surface area contributed by atoms with Gasteiger partial charge in [-0.15, -0.1) is 0 Å². The molecule has 6 heteroatoms. The number of benzene rings is 1. The average Bonchev–Trinajstić information content (AvgIpc) is 3.52. The standard InChI is InChI=1S/C21H29ClN2OS2/c22-18-5-3-17(4-6-18)21(7-8-21)20(25)23-12-16-2-1-9-24(13-16)19-14-26-10-11-27-15-19/h3-6,16,19H,1-2,7-15H2,(H,23,25)/t16-/m0/s1. The van der Waals surface area contributed by atoms with Gasteiger partial charge in [0.1, 0.15) is 0 Å². The van der Waals surface area contributed by atoms with Gasteiger partial charge in [-0.25, -0.2) is 0 Å². The fraction of sp³-hybridized carbons (Fsp3) is 0.667. The number of amides is 1. The Morgan fingerprint density at radius 2 is 1.89 bits per heavy atom. The fourth-order valence-electron chi connectivity index (χ4n) is 4.36. The van der Waals surface area contributed by atoms with Crippen molar-refractivity contribution in [1.82, 2.24) is 10.2 Å². The lowest BCUT2D eigenvalue weighted by Crippen LogP contribution is -2.48. The van der Waals surface area contributed by atoms with Gasteiger partial charge < -0.3 is 5.32 Å². The summed E-state index contributed by atoms with van der Waals surface area (Å²) < 4.78 is 0. The van der Waals surface area contributed by atoms with Gasteiger partial charge in [-0.1, -0.05) is 23.7 Å². The van der Waals surface area contributed by atoms with E-state index in [1.54, 1.807) is 0 Å². The van der Waals surface area contributed by atoms with Gasteiger partial charge in [-0.2, -0.15) is 23.5 Å². The maximum Gasteiger partial charge on any atom is 0.230 e. The van der Waals surface area contributed by atoms with E-state index in [1.807, 2.05) is 24.3 Å². The van der Waals surface area contributed by atoms with Crippen molar-refractivity contribution in [1.29, 1.82) is 0 Å². The Kier molecular flexibility index (Phi) is 6.63. The first-order valence-corrected chi connectivity index (χ1v) is 12.8. The van der Waals surface area contributed by atoms with Crippen LogP contribution in [0.5, 0.6) is 0 Å². The number of nitrogens with one attached hydrogen (secondary N) is 1. The van der Waals surface area contributed by atoms with Crippen LogP contribution in [0, 0.1) is 5.92 Å². The van der Waals surface area contributed by atoms with Crippen molar-refractivity contribution < 1.29 is 4.79 Å². The Bertz CT molecular complexity index is 642. The van der Waals surface area contributed by atoms with Gasteiger partial charge in [0.2, 0.25) is 5.91 Å². The van der Waals surface area contributed by atoms with Crippen molar-refractivity contribution in [3.05, 3.63) is 34.9 Å². The minimum Gasteiger partial charge on any atom is -0.355 e. The number of likely N-dealkylation sites (tertiary alicyclic amines) is 1. The summed E-state index contributed by atoms with van der Waals surface area (Å²) in [5, 5.41) is 4.02. The Morgan fingerprint density at radius 3 is 2.56 bits per heavy atom. The summed E-state index contributed by atoms with van der Waals surface area (Å²) in [5.74, 6) is 5.92. The molecule has 2 saturated heterocycles. The minimum absolute atomic E-state index is 0.211. The number of thioether (sulfide) groups is 2. The number of carbonyl (C=O) groups excluding carboxylic acids is 1. The van der Waals surface area contributed by atoms with Crippen LogP contribution < -0.4 is 5.32 Å². The van der Waals surface area contributed by atoms with Crippen molar-refractivity contribution in [2.24, 2.45) is 5.92 Å². The van der Waals surface area contributed by atoms with Gasteiger partial charge in [0, 0.05) is 47.2 Å². The van der Waals surface area contributed by atoms with Crippen LogP contribution in [0.4, 0.5) is 0 Å². The molecule has 0 unspecified atom stereocenters. The minimum atomic E-state index is -0.298. The molecule has 1 aromatic rings. The molecular weight excluding hydrogens is 396 g/mol. The highest BCUT2D eigenvalue weighted by Gasteiger charge is 2.51. The lowest BCUT2D eigenvalue weighted by molar-refractivity contribution is -0.123. The molecule has 3 aliphatic rings. The molecule has 0 radical (unpaired) electrons. The Labute approximate surface area is 176 Å². The van der Waals surface area contributed by atoms with Gasteiger partial charge in [0.05, 0.1) is 5.41 Å². The van der Waals surface area contributed by atoms with Crippen LogP contribution in [0.1, 0.15) is 31.2 Å². The quantitative estimate of drug-likeness (QED) is 0.772. The molecule has 1 aliphatic carbocycles. The van der Waals surface area contributed by atoms with E-state index >= 15 is 0 Å². The van der Waals surface area contributed by atoms with Gasteiger partial charge >= 0.3 is 0 Å². The van der Waals surface area contributed by atoms with Crippen LogP contribution in [0.3, 0.4) is 0 Å². The van der Waals surface area contributed by atoms with Crippen molar-refractivity contribution in [2.45, 2.75) is 37.1 Å². The van der Waals surface area contributed by atoms with Crippen molar-refractivity contribution in [2.75, 3.05) is 42.6 Å². The Balaban J connectivity index is 1.30. The van der Waals surface area contributed by atoms with Crippen LogP contribution in [-0.2, 0) is 10.2 Å². The van der Waals surface area contributed by atoms with Crippen LogP contribution in [0.2, 0.25) is 5.02 Å². The van der Waals surface area contributed by atoms with E-state index < -0.39 is 0 Å². The largest absolute Gasteiger partial charge is 0.355 e. The summed E-state index contributed by atoms with van der Waals surface area (Å²) in [5.41, 5.74) is 0.815. The number of hydrogen-bond acceptors (Lipinski definition) is 4. The summed E-state index contributed by atoms with van der Waals surface area (Å²) in [6, 6.07) is 8.53. The number of carbonyl (C=O) groups is 1. The van der Waals surface area contributed by atoms with Crippen LogP contribution in [0.25, 0.3) is 0 Å². The van der Waals surface area contributed by atoms with E-state index in [0.717, 1.165) is 36.5 Å². The molecular formula is C21H29ClN2OS2. The highest BCUT2D eigenvalue weighted by molar-refractivity contribution is 8.03. The van der Waals surface area contributed by atoms with E-state index in [2.05, 4.69) is 33.7 Å². The van der Waals surface area contributed by atoms with E-state index in [-0.39, 0.29) is 11.3 Å². The third-order valence-electron chi connectivity index (χ3n) is 6.19. The number of hydrogen-bond donors (Lipinski definition) is 1. The van der Waals surface area contributed by atoms with E-state index in [9.17, 15) is 4.79 Å².